The van der Waals surface area contributed by atoms with Crippen molar-refractivity contribution in [1.82, 2.24) is 9.80 Å². The van der Waals surface area contributed by atoms with E-state index in [1.54, 1.807) is 17.0 Å². The summed E-state index contributed by atoms with van der Waals surface area (Å²) in [7, 11) is 0. The molecule has 0 atom stereocenters. The van der Waals surface area contributed by atoms with Crippen molar-refractivity contribution in [3.8, 4) is 0 Å². The highest BCUT2D eigenvalue weighted by Crippen LogP contribution is 2.19. The number of halogens is 1. The van der Waals surface area contributed by atoms with Gasteiger partial charge in [0.25, 0.3) is 0 Å². The number of hydrogen-bond donors (Lipinski definition) is 0. The summed E-state index contributed by atoms with van der Waals surface area (Å²) in [5, 5.41) is 0. The molecule has 4 nitrogen and oxygen atoms in total. The third-order valence-electron chi connectivity index (χ3n) is 4.54. The molecule has 3 rings (SSSR count). The van der Waals surface area contributed by atoms with E-state index in [4.69, 9.17) is 0 Å². The molecule has 5 heteroatoms. The van der Waals surface area contributed by atoms with Crippen LogP contribution in [0.1, 0.15) is 23.6 Å². The maximum Gasteiger partial charge on any atom is 0.242 e. The van der Waals surface area contributed by atoms with Gasteiger partial charge in [0.1, 0.15) is 12.4 Å². The second-order valence-corrected chi connectivity index (χ2v) is 6.34. The summed E-state index contributed by atoms with van der Waals surface area (Å²) in [4.78, 5) is 27.8. The first-order chi connectivity index (χ1) is 12.0. The molecule has 0 aromatic heterocycles. The molecule has 0 radical (unpaired) electrons. The van der Waals surface area contributed by atoms with Crippen LogP contribution in [0.3, 0.4) is 0 Å². The predicted octanol–water partition coefficient (Wildman–Crippen LogP) is 2.76. The van der Waals surface area contributed by atoms with Crippen LogP contribution >= 0.6 is 0 Å². The number of benzene rings is 2. The van der Waals surface area contributed by atoms with E-state index in [1.807, 2.05) is 18.2 Å². The van der Waals surface area contributed by atoms with Crippen LogP contribution in [0.5, 0.6) is 0 Å². The molecule has 0 bridgehead atoms. The van der Waals surface area contributed by atoms with Gasteiger partial charge in [0.15, 0.2) is 0 Å². The normalized spacial score (nSPS) is 13.3. The standard InChI is InChI=1S/C20H21FN2O2/c1-15(24)23(12-16-6-8-19(21)9-7-16)14-20(25)22-11-10-17-4-2-3-5-18(17)13-22/h2-9H,10-14H2,1H3. The van der Waals surface area contributed by atoms with Crippen LogP contribution in [0.4, 0.5) is 4.39 Å². The number of hydrogen-bond acceptors (Lipinski definition) is 2. The van der Waals surface area contributed by atoms with Crippen molar-refractivity contribution in [3.05, 3.63) is 71.0 Å². The highest BCUT2D eigenvalue weighted by Gasteiger charge is 2.23. The molecule has 0 N–H and O–H groups in total. The van der Waals surface area contributed by atoms with E-state index in [-0.39, 0.29) is 24.2 Å². The van der Waals surface area contributed by atoms with Crippen LogP contribution in [0.2, 0.25) is 0 Å². The van der Waals surface area contributed by atoms with E-state index < -0.39 is 0 Å². The molecule has 1 heterocycles. The maximum absolute atomic E-state index is 13.0. The smallest absolute Gasteiger partial charge is 0.242 e. The lowest BCUT2D eigenvalue weighted by atomic mass is 10.00. The van der Waals surface area contributed by atoms with Crippen LogP contribution in [0.25, 0.3) is 0 Å². The fourth-order valence-corrected chi connectivity index (χ4v) is 3.06. The third kappa shape index (κ3) is 4.24. The first-order valence-electron chi connectivity index (χ1n) is 8.37. The van der Waals surface area contributed by atoms with Crippen molar-refractivity contribution in [2.45, 2.75) is 26.4 Å². The van der Waals surface area contributed by atoms with E-state index in [0.29, 0.717) is 19.6 Å². The van der Waals surface area contributed by atoms with E-state index in [1.165, 1.54) is 29.5 Å². The van der Waals surface area contributed by atoms with Crippen molar-refractivity contribution in [1.29, 1.82) is 0 Å². The zero-order chi connectivity index (χ0) is 17.8. The lowest BCUT2D eigenvalue weighted by Gasteiger charge is -2.31. The molecule has 1 aliphatic heterocycles. The molecule has 1 aliphatic rings. The molecule has 0 saturated heterocycles. The van der Waals surface area contributed by atoms with Crippen LogP contribution in [0.15, 0.2) is 48.5 Å². The van der Waals surface area contributed by atoms with Gasteiger partial charge in [-0.15, -0.1) is 0 Å². The summed E-state index contributed by atoms with van der Waals surface area (Å²) in [6, 6.07) is 14.1. The third-order valence-corrected chi connectivity index (χ3v) is 4.54. The molecule has 0 unspecified atom stereocenters. The van der Waals surface area contributed by atoms with Crippen LogP contribution < -0.4 is 0 Å². The number of nitrogens with zero attached hydrogens (tertiary/aromatic N) is 2. The summed E-state index contributed by atoms with van der Waals surface area (Å²) in [5.74, 6) is -0.553. The molecular formula is C20H21FN2O2. The van der Waals surface area contributed by atoms with Gasteiger partial charge in [-0.2, -0.15) is 0 Å². The highest BCUT2D eigenvalue weighted by atomic mass is 19.1. The second kappa shape index (κ2) is 7.47. The maximum atomic E-state index is 13.0. The van der Waals surface area contributed by atoms with Gasteiger partial charge in [0.05, 0.1) is 0 Å². The summed E-state index contributed by atoms with van der Waals surface area (Å²) >= 11 is 0. The Morgan fingerprint density at radius 2 is 1.76 bits per heavy atom. The fourth-order valence-electron chi connectivity index (χ4n) is 3.06. The Balaban J connectivity index is 1.65. The average molecular weight is 340 g/mol. The largest absolute Gasteiger partial charge is 0.336 e. The molecule has 130 valence electrons. The van der Waals surface area contributed by atoms with Gasteiger partial charge in [-0.3, -0.25) is 9.59 Å². The average Bonchev–Trinajstić information content (AvgIpc) is 2.62. The molecule has 0 aliphatic carbocycles. The zero-order valence-electron chi connectivity index (χ0n) is 14.2. The van der Waals surface area contributed by atoms with Crippen molar-refractivity contribution >= 4 is 11.8 Å². The first kappa shape index (κ1) is 17.1. The van der Waals surface area contributed by atoms with E-state index in [9.17, 15) is 14.0 Å². The molecule has 0 spiro atoms. The molecule has 0 saturated carbocycles. The topological polar surface area (TPSA) is 40.6 Å². The van der Waals surface area contributed by atoms with Crippen LogP contribution in [-0.2, 0) is 29.1 Å². The molecule has 2 amide bonds. The molecule has 2 aromatic rings. The summed E-state index contributed by atoms with van der Waals surface area (Å²) in [6.07, 6.45) is 0.833. The monoisotopic (exact) mass is 340 g/mol. The number of carbonyl (C=O) groups excluding carboxylic acids is 2. The second-order valence-electron chi connectivity index (χ2n) is 6.34. The van der Waals surface area contributed by atoms with E-state index in [0.717, 1.165) is 17.5 Å². The fraction of sp³-hybridized carbons (Fsp3) is 0.300. The zero-order valence-corrected chi connectivity index (χ0v) is 14.2. The van der Waals surface area contributed by atoms with Crippen molar-refractivity contribution in [3.63, 3.8) is 0 Å². The number of amides is 2. The summed E-state index contributed by atoms with van der Waals surface area (Å²) in [6.45, 7) is 3.03. The number of carbonyl (C=O) groups is 2. The minimum atomic E-state index is -0.318. The van der Waals surface area contributed by atoms with Crippen LogP contribution in [-0.4, -0.2) is 34.7 Å². The summed E-state index contributed by atoms with van der Waals surface area (Å²) < 4.78 is 13.0. The first-order valence-corrected chi connectivity index (χ1v) is 8.37. The highest BCUT2D eigenvalue weighted by molar-refractivity contribution is 5.84. The Morgan fingerprint density at radius 1 is 1.08 bits per heavy atom. The van der Waals surface area contributed by atoms with Gasteiger partial charge in [-0.05, 0) is 35.2 Å². The van der Waals surface area contributed by atoms with Crippen molar-refractivity contribution < 1.29 is 14.0 Å². The molecule has 0 fully saturated rings. The van der Waals surface area contributed by atoms with Gasteiger partial charge in [0.2, 0.25) is 11.8 Å². The Bertz CT molecular complexity index is 774. The molecule has 25 heavy (non-hydrogen) atoms. The quantitative estimate of drug-likeness (QED) is 0.859. The summed E-state index contributed by atoms with van der Waals surface area (Å²) in [5.41, 5.74) is 3.24. The minimum absolute atomic E-state index is 0.0366. The Morgan fingerprint density at radius 3 is 2.44 bits per heavy atom. The molecular weight excluding hydrogens is 319 g/mol. The van der Waals surface area contributed by atoms with Crippen molar-refractivity contribution in [2.24, 2.45) is 0 Å². The number of fused-ring (bicyclic) bond motifs is 1. The lowest BCUT2D eigenvalue weighted by molar-refractivity contribution is -0.140. The van der Waals surface area contributed by atoms with Gasteiger partial charge < -0.3 is 9.80 Å². The lowest BCUT2D eigenvalue weighted by Crippen LogP contribution is -2.43. The van der Waals surface area contributed by atoms with E-state index in [2.05, 4.69) is 6.07 Å². The van der Waals surface area contributed by atoms with E-state index >= 15 is 0 Å². The Hall–Kier alpha value is -2.69. The van der Waals surface area contributed by atoms with Gasteiger partial charge in [-0.1, -0.05) is 36.4 Å². The minimum Gasteiger partial charge on any atom is -0.336 e. The Kier molecular flexibility index (Phi) is 5.12. The van der Waals surface area contributed by atoms with Crippen LogP contribution in [0, 0.1) is 5.82 Å². The molecule has 2 aromatic carbocycles. The van der Waals surface area contributed by atoms with Gasteiger partial charge in [0, 0.05) is 26.6 Å². The Labute approximate surface area is 146 Å². The SMILES string of the molecule is CC(=O)N(CC(=O)N1CCc2ccccc2C1)Cc1ccc(F)cc1. The van der Waals surface area contributed by atoms with Gasteiger partial charge in [-0.25, -0.2) is 4.39 Å². The van der Waals surface area contributed by atoms with Gasteiger partial charge >= 0.3 is 0 Å². The predicted molar refractivity (Wildman–Crippen MR) is 93.1 cm³/mol. The number of rotatable bonds is 4. The van der Waals surface area contributed by atoms with Crippen molar-refractivity contribution in [2.75, 3.05) is 13.1 Å².